The smallest absolute Gasteiger partial charge is 0.0682 e. The molecule has 15 heavy (non-hydrogen) atoms. The van der Waals surface area contributed by atoms with E-state index in [1.165, 1.54) is 10.9 Å². The second-order valence-electron chi connectivity index (χ2n) is 4.80. The number of para-hydroxylation sites is 1. The normalized spacial score (nSPS) is 12.2. The van der Waals surface area contributed by atoms with Crippen molar-refractivity contribution in [2.45, 2.75) is 20.3 Å². The van der Waals surface area contributed by atoms with Crippen molar-refractivity contribution in [3.63, 3.8) is 0 Å². The summed E-state index contributed by atoms with van der Waals surface area (Å²) in [5, 5.41) is 8.27. The first-order chi connectivity index (χ1) is 7.12. The van der Waals surface area contributed by atoms with E-state index in [1.54, 1.807) is 0 Å². The number of benzene rings is 1. The molecule has 0 bridgehead atoms. The molecule has 0 saturated carbocycles. The lowest BCUT2D eigenvalue weighted by Crippen LogP contribution is -2.26. The van der Waals surface area contributed by atoms with Crippen LogP contribution >= 0.6 is 0 Å². The summed E-state index contributed by atoms with van der Waals surface area (Å²) in [6.07, 6.45) is 2.83. The molecule has 1 aromatic carbocycles. The number of nitrogens with two attached hydrogens (primary N) is 1. The molecular formula is C12H17N3. The highest BCUT2D eigenvalue weighted by molar-refractivity contribution is 5.81. The van der Waals surface area contributed by atoms with Gasteiger partial charge in [0.15, 0.2) is 0 Å². The van der Waals surface area contributed by atoms with Gasteiger partial charge in [0.2, 0.25) is 0 Å². The van der Waals surface area contributed by atoms with Gasteiger partial charge in [0, 0.05) is 5.39 Å². The molecule has 2 rings (SSSR count). The molecule has 3 N–H and O–H groups in total. The van der Waals surface area contributed by atoms with Crippen LogP contribution < -0.4 is 5.73 Å². The van der Waals surface area contributed by atoms with Crippen molar-refractivity contribution in [2.24, 2.45) is 11.1 Å². The van der Waals surface area contributed by atoms with Crippen LogP contribution in [0.4, 0.5) is 0 Å². The van der Waals surface area contributed by atoms with Crippen molar-refractivity contribution < 1.29 is 0 Å². The minimum atomic E-state index is 0.138. The van der Waals surface area contributed by atoms with Crippen LogP contribution in [0.3, 0.4) is 0 Å². The molecule has 1 aromatic heterocycles. The van der Waals surface area contributed by atoms with E-state index in [1.807, 2.05) is 6.20 Å². The van der Waals surface area contributed by atoms with E-state index in [0.29, 0.717) is 6.54 Å². The molecule has 0 radical (unpaired) electrons. The first-order valence-corrected chi connectivity index (χ1v) is 5.23. The van der Waals surface area contributed by atoms with Crippen LogP contribution in [0.2, 0.25) is 0 Å². The molecule has 0 saturated heterocycles. The van der Waals surface area contributed by atoms with Gasteiger partial charge in [0.1, 0.15) is 0 Å². The van der Waals surface area contributed by atoms with Crippen LogP contribution in [0.1, 0.15) is 19.4 Å². The maximum Gasteiger partial charge on any atom is 0.0682 e. The average molecular weight is 203 g/mol. The number of fused-ring (bicyclic) bond motifs is 1. The third kappa shape index (κ3) is 2.02. The van der Waals surface area contributed by atoms with Gasteiger partial charge in [-0.2, -0.15) is 5.10 Å². The van der Waals surface area contributed by atoms with Crippen molar-refractivity contribution in [2.75, 3.05) is 6.54 Å². The lowest BCUT2D eigenvalue weighted by molar-refractivity contribution is 0.378. The Morgan fingerprint density at radius 1 is 1.40 bits per heavy atom. The first kappa shape index (κ1) is 10.2. The van der Waals surface area contributed by atoms with Crippen LogP contribution in [0.5, 0.6) is 0 Å². The lowest BCUT2D eigenvalue weighted by Gasteiger charge is -2.22. The van der Waals surface area contributed by atoms with Crippen molar-refractivity contribution in [1.82, 2.24) is 10.2 Å². The lowest BCUT2D eigenvalue weighted by atomic mass is 9.85. The predicted octanol–water partition coefficient (Wildman–Crippen LogP) is 2.09. The van der Waals surface area contributed by atoms with Gasteiger partial charge in [-0.05, 0) is 23.9 Å². The highest BCUT2D eigenvalue weighted by atomic mass is 15.1. The predicted molar refractivity (Wildman–Crippen MR) is 62.6 cm³/mol. The van der Waals surface area contributed by atoms with Gasteiger partial charge in [-0.25, -0.2) is 0 Å². The van der Waals surface area contributed by atoms with E-state index < -0.39 is 0 Å². The molecule has 0 aliphatic heterocycles. The van der Waals surface area contributed by atoms with Crippen LogP contribution in [0.25, 0.3) is 10.9 Å². The van der Waals surface area contributed by atoms with Gasteiger partial charge in [-0.1, -0.05) is 32.0 Å². The molecule has 1 heterocycles. The van der Waals surface area contributed by atoms with E-state index in [4.69, 9.17) is 5.73 Å². The Morgan fingerprint density at radius 2 is 2.20 bits per heavy atom. The molecule has 2 aromatic rings. The standard InChI is InChI=1S/C12H17N3/c1-12(2,8-13)6-9-4-3-5-10-7-14-15-11(9)10/h3-5,7H,6,8,13H2,1-2H3,(H,14,15). The van der Waals surface area contributed by atoms with Gasteiger partial charge in [-0.3, -0.25) is 5.10 Å². The summed E-state index contributed by atoms with van der Waals surface area (Å²) in [7, 11) is 0. The summed E-state index contributed by atoms with van der Waals surface area (Å²) in [6, 6.07) is 6.27. The molecule has 80 valence electrons. The molecular weight excluding hydrogens is 186 g/mol. The van der Waals surface area contributed by atoms with Gasteiger partial charge < -0.3 is 5.73 Å². The van der Waals surface area contributed by atoms with E-state index in [0.717, 1.165) is 11.9 Å². The number of nitrogens with one attached hydrogen (secondary N) is 1. The maximum atomic E-state index is 5.75. The molecule has 0 amide bonds. The average Bonchev–Trinajstić information content (AvgIpc) is 2.66. The fourth-order valence-electron chi connectivity index (χ4n) is 1.77. The minimum absolute atomic E-state index is 0.138. The third-order valence-electron chi connectivity index (χ3n) is 2.78. The highest BCUT2D eigenvalue weighted by Crippen LogP contribution is 2.24. The fourth-order valence-corrected chi connectivity index (χ4v) is 1.77. The molecule has 0 unspecified atom stereocenters. The number of aromatic amines is 1. The zero-order chi connectivity index (χ0) is 10.9. The Hall–Kier alpha value is -1.35. The summed E-state index contributed by atoms with van der Waals surface area (Å²) in [5.74, 6) is 0. The Balaban J connectivity index is 2.39. The highest BCUT2D eigenvalue weighted by Gasteiger charge is 2.17. The number of nitrogens with zero attached hydrogens (tertiary/aromatic N) is 1. The zero-order valence-corrected chi connectivity index (χ0v) is 9.25. The number of hydrogen-bond acceptors (Lipinski definition) is 2. The second-order valence-corrected chi connectivity index (χ2v) is 4.80. The number of aromatic nitrogens is 2. The maximum absolute atomic E-state index is 5.75. The Morgan fingerprint density at radius 3 is 2.93 bits per heavy atom. The van der Waals surface area contributed by atoms with Gasteiger partial charge in [-0.15, -0.1) is 0 Å². The second kappa shape index (κ2) is 3.66. The number of hydrogen-bond donors (Lipinski definition) is 2. The Labute approximate surface area is 89.7 Å². The molecule has 0 aliphatic rings. The topological polar surface area (TPSA) is 54.7 Å². The molecule has 0 spiro atoms. The van der Waals surface area contributed by atoms with Gasteiger partial charge >= 0.3 is 0 Å². The summed E-state index contributed by atoms with van der Waals surface area (Å²) in [5.41, 5.74) is 8.32. The van der Waals surface area contributed by atoms with Crippen LogP contribution in [-0.2, 0) is 6.42 Å². The molecule has 0 aliphatic carbocycles. The summed E-state index contributed by atoms with van der Waals surface area (Å²) in [6.45, 7) is 5.06. The number of rotatable bonds is 3. The quantitative estimate of drug-likeness (QED) is 0.802. The van der Waals surface area contributed by atoms with Crippen molar-refractivity contribution in [3.8, 4) is 0 Å². The molecule has 0 atom stereocenters. The van der Waals surface area contributed by atoms with Crippen molar-refractivity contribution >= 4 is 10.9 Å². The van der Waals surface area contributed by atoms with Gasteiger partial charge in [0.05, 0.1) is 11.7 Å². The van der Waals surface area contributed by atoms with Crippen molar-refractivity contribution in [3.05, 3.63) is 30.0 Å². The van der Waals surface area contributed by atoms with E-state index in [2.05, 4.69) is 42.2 Å². The van der Waals surface area contributed by atoms with Crippen LogP contribution in [0.15, 0.2) is 24.4 Å². The monoisotopic (exact) mass is 203 g/mol. The SMILES string of the molecule is CC(C)(CN)Cc1cccc2cn[nH]c12. The third-order valence-corrected chi connectivity index (χ3v) is 2.78. The van der Waals surface area contributed by atoms with Crippen molar-refractivity contribution in [1.29, 1.82) is 0 Å². The molecule has 3 heteroatoms. The summed E-state index contributed by atoms with van der Waals surface area (Å²) in [4.78, 5) is 0. The zero-order valence-electron chi connectivity index (χ0n) is 9.25. The largest absolute Gasteiger partial charge is 0.330 e. The van der Waals surface area contributed by atoms with Gasteiger partial charge in [0.25, 0.3) is 0 Å². The summed E-state index contributed by atoms with van der Waals surface area (Å²) < 4.78 is 0. The Kier molecular flexibility index (Phi) is 2.49. The van der Waals surface area contributed by atoms with E-state index in [9.17, 15) is 0 Å². The van der Waals surface area contributed by atoms with E-state index >= 15 is 0 Å². The Bertz CT molecular complexity index is 457. The number of H-pyrrole nitrogens is 1. The molecule has 0 fully saturated rings. The van der Waals surface area contributed by atoms with Crippen LogP contribution in [-0.4, -0.2) is 16.7 Å². The van der Waals surface area contributed by atoms with Crippen LogP contribution in [0, 0.1) is 5.41 Å². The minimum Gasteiger partial charge on any atom is -0.330 e. The summed E-state index contributed by atoms with van der Waals surface area (Å²) >= 11 is 0. The molecule has 3 nitrogen and oxygen atoms in total. The first-order valence-electron chi connectivity index (χ1n) is 5.23. The van der Waals surface area contributed by atoms with E-state index in [-0.39, 0.29) is 5.41 Å². The fraction of sp³-hybridized carbons (Fsp3) is 0.417.